The Balaban J connectivity index is 1.92. The molecule has 0 bridgehead atoms. The molecule has 2 rings (SSSR count). The third-order valence-corrected chi connectivity index (χ3v) is 3.99. The topological polar surface area (TPSA) is 64.6 Å². The van der Waals surface area contributed by atoms with Crippen molar-refractivity contribution in [2.45, 2.75) is 13.3 Å². The van der Waals surface area contributed by atoms with E-state index < -0.39 is 18.5 Å². The standard InChI is InChI=1S/C18H17Cl2NO4/c1-11-6-7-15(24-2)12(8-11)9-17(23)25-10-16(22)21-18-13(19)4-3-5-14(18)20/h3-8H,9-10H2,1-2H3,(H,21,22). The molecule has 0 aliphatic rings. The van der Waals surface area contributed by atoms with Crippen LogP contribution in [0.25, 0.3) is 0 Å². The van der Waals surface area contributed by atoms with Gasteiger partial charge in [-0.3, -0.25) is 9.59 Å². The fourth-order valence-corrected chi connectivity index (χ4v) is 2.68. The molecule has 0 spiro atoms. The van der Waals surface area contributed by atoms with E-state index in [1.807, 2.05) is 19.1 Å². The fraction of sp³-hybridized carbons (Fsp3) is 0.222. The minimum Gasteiger partial charge on any atom is -0.496 e. The highest BCUT2D eigenvalue weighted by Crippen LogP contribution is 2.29. The molecule has 0 saturated heterocycles. The van der Waals surface area contributed by atoms with Gasteiger partial charge in [0.05, 0.1) is 29.3 Å². The Bertz CT molecular complexity index is 772. The summed E-state index contributed by atoms with van der Waals surface area (Å²) in [5.41, 5.74) is 1.98. The van der Waals surface area contributed by atoms with Gasteiger partial charge in [-0.05, 0) is 25.1 Å². The number of anilines is 1. The number of hydrogen-bond acceptors (Lipinski definition) is 4. The molecule has 0 radical (unpaired) electrons. The SMILES string of the molecule is COc1ccc(C)cc1CC(=O)OCC(=O)Nc1c(Cl)cccc1Cl. The average molecular weight is 382 g/mol. The number of benzene rings is 2. The number of ether oxygens (including phenoxy) is 2. The van der Waals surface area contributed by atoms with E-state index >= 15 is 0 Å². The summed E-state index contributed by atoms with van der Waals surface area (Å²) in [4.78, 5) is 23.9. The molecule has 25 heavy (non-hydrogen) atoms. The Morgan fingerprint density at radius 2 is 1.80 bits per heavy atom. The summed E-state index contributed by atoms with van der Waals surface area (Å²) in [7, 11) is 1.53. The minimum atomic E-state index is -0.538. The first-order valence-corrected chi connectivity index (χ1v) is 8.19. The van der Waals surface area contributed by atoms with Gasteiger partial charge in [-0.2, -0.15) is 0 Å². The van der Waals surface area contributed by atoms with Crippen LogP contribution in [0.3, 0.4) is 0 Å². The van der Waals surface area contributed by atoms with Crippen molar-refractivity contribution in [3.8, 4) is 5.75 Å². The zero-order chi connectivity index (χ0) is 18.4. The van der Waals surface area contributed by atoms with Crippen LogP contribution < -0.4 is 10.1 Å². The van der Waals surface area contributed by atoms with Gasteiger partial charge in [-0.25, -0.2) is 0 Å². The molecule has 0 heterocycles. The lowest BCUT2D eigenvalue weighted by Crippen LogP contribution is -2.22. The Kier molecular flexibility index (Phi) is 6.67. The van der Waals surface area contributed by atoms with Crippen LogP contribution in [0.15, 0.2) is 36.4 Å². The number of para-hydroxylation sites is 1. The number of methoxy groups -OCH3 is 1. The van der Waals surface area contributed by atoms with Crippen molar-refractivity contribution < 1.29 is 19.1 Å². The van der Waals surface area contributed by atoms with Gasteiger partial charge in [0.25, 0.3) is 5.91 Å². The molecule has 0 aliphatic heterocycles. The number of carbonyl (C=O) groups excluding carboxylic acids is 2. The van der Waals surface area contributed by atoms with Gasteiger partial charge < -0.3 is 14.8 Å². The summed E-state index contributed by atoms with van der Waals surface area (Å²) in [5, 5.41) is 3.13. The van der Waals surface area contributed by atoms with Crippen LogP contribution >= 0.6 is 23.2 Å². The second-order valence-electron chi connectivity index (χ2n) is 5.30. The second kappa shape index (κ2) is 8.74. The maximum absolute atomic E-state index is 12.0. The first kappa shape index (κ1) is 19.1. The zero-order valence-electron chi connectivity index (χ0n) is 13.8. The molecule has 1 N–H and O–H groups in total. The molecule has 0 fully saturated rings. The molecule has 0 atom stereocenters. The lowest BCUT2D eigenvalue weighted by atomic mass is 10.1. The number of nitrogens with one attached hydrogen (secondary N) is 1. The quantitative estimate of drug-likeness (QED) is 0.766. The van der Waals surface area contributed by atoms with Crippen LogP contribution in [0.1, 0.15) is 11.1 Å². The molecule has 7 heteroatoms. The largest absolute Gasteiger partial charge is 0.496 e. The third kappa shape index (κ3) is 5.37. The van der Waals surface area contributed by atoms with Crippen molar-refractivity contribution in [2.75, 3.05) is 19.0 Å². The monoisotopic (exact) mass is 381 g/mol. The van der Waals surface area contributed by atoms with Crippen molar-refractivity contribution in [2.24, 2.45) is 0 Å². The van der Waals surface area contributed by atoms with Crippen LogP contribution in [0, 0.1) is 6.92 Å². The van der Waals surface area contributed by atoms with Gasteiger partial charge >= 0.3 is 5.97 Å². The molecule has 0 saturated carbocycles. The van der Waals surface area contributed by atoms with E-state index in [9.17, 15) is 9.59 Å². The van der Waals surface area contributed by atoms with E-state index in [2.05, 4.69) is 5.32 Å². The molecule has 2 aromatic carbocycles. The lowest BCUT2D eigenvalue weighted by molar-refractivity contribution is -0.146. The van der Waals surface area contributed by atoms with Crippen molar-refractivity contribution in [1.29, 1.82) is 0 Å². The Labute approximate surface area is 155 Å². The zero-order valence-corrected chi connectivity index (χ0v) is 15.3. The van der Waals surface area contributed by atoms with Gasteiger partial charge in [0.2, 0.25) is 0 Å². The molecular weight excluding hydrogens is 365 g/mol. The molecular formula is C18H17Cl2NO4. The highest BCUT2D eigenvalue weighted by molar-refractivity contribution is 6.39. The van der Waals surface area contributed by atoms with Crippen LogP contribution in [0.2, 0.25) is 10.0 Å². The molecule has 5 nitrogen and oxygen atoms in total. The summed E-state index contributed by atoms with van der Waals surface area (Å²) in [6, 6.07) is 10.4. The number of esters is 1. The smallest absolute Gasteiger partial charge is 0.310 e. The molecule has 0 aliphatic carbocycles. The van der Waals surface area contributed by atoms with Crippen molar-refractivity contribution in [3.63, 3.8) is 0 Å². The summed E-state index contributed by atoms with van der Waals surface area (Å²) in [5.74, 6) is -0.473. The number of aryl methyl sites for hydroxylation is 1. The number of halogens is 2. The Morgan fingerprint density at radius 3 is 2.44 bits per heavy atom. The number of hydrogen-bond donors (Lipinski definition) is 1. The average Bonchev–Trinajstić information content (AvgIpc) is 2.57. The third-order valence-electron chi connectivity index (χ3n) is 3.36. The molecule has 132 valence electrons. The van der Waals surface area contributed by atoms with Gasteiger partial charge in [-0.15, -0.1) is 0 Å². The van der Waals surface area contributed by atoms with Crippen molar-refractivity contribution >= 4 is 40.8 Å². The maximum Gasteiger partial charge on any atom is 0.310 e. The fourth-order valence-electron chi connectivity index (χ4n) is 2.19. The molecule has 2 aromatic rings. The Hall–Kier alpha value is -2.24. The second-order valence-corrected chi connectivity index (χ2v) is 6.11. The van der Waals surface area contributed by atoms with Gasteiger partial charge in [0.15, 0.2) is 6.61 Å². The Morgan fingerprint density at radius 1 is 1.12 bits per heavy atom. The van der Waals surface area contributed by atoms with E-state index in [4.69, 9.17) is 32.7 Å². The van der Waals surface area contributed by atoms with Crippen LogP contribution in [-0.4, -0.2) is 25.6 Å². The predicted octanol–water partition coefficient (Wildman–Crippen LogP) is 4.03. The van der Waals surface area contributed by atoms with Crippen molar-refractivity contribution in [3.05, 3.63) is 57.6 Å². The summed E-state index contributed by atoms with van der Waals surface area (Å²) < 4.78 is 10.2. The summed E-state index contributed by atoms with van der Waals surface area (Å²) in [6.07, 6.45) is 0.00494. The van der Waals surface area contributed by atoms with Crippen LogP contribution in [0.5, 0.6) is 5.75 Å². The highest BCUT2D eigenvalue weighted by Gasteiger charge is 2.14. The normalized spacial score (nSPS) is 10.2. The summed E-state index contributed by atoms with van der Waals surface area (Å²) >= 11 is 11.9. The number of carbonyl (C=O) groups is 2. The van der Waals surface area contributed by atoms with E-state index in [0.717, 1.165) is 5.56 Å². The first-order chi connectivity index (χ1) is 11.9. The predicted molar refractivity (Wildman–Crippen MR) is 97.5 cm³/mol. The highest BCUT2D eigenvalue weighted by atomic mass is 35.5. The van der Waals surface area contributed by atoms with Crippen LogP contribution in [-0.2, 0) is 20.7 Å². The van der Waals surface area contributed by atoms with E-state index in [-0.39, 0.29) is 12.1 Å². The van der Waals surface area contributed by atoms with E-state index in [1.54, 1.807) is 24.3 Å². The molecule has 0 aromatic heterocycles. The van der Waals surface area contributed by atoms with Crippen molar-refractivity contribution in [1.82, 2.24) is 0 Å². The first-order valence-electron chi connectivity index (χ1n) is 7.43. The maximum atomic E-state index is 12.0. The number of rotatable bonds is 6. The number of amides is 1. The summed E-state index contributed by atoms with van der Waals surface area (Å²) in [6.45, 7) is 1.48. The van der Waals surface area contributed by atoms with Gasteiger partial charge in [-0.1, -0.05) is 47.0 Å². The van der Waals surface area contributed by atoms with Crippen LogP contribution in [0.4, 0.5) is 5.69 Å². The van der Waals surface area contributed by atoms with E-state index in [1.165, 1.54) is 7.11 Å². The van der Waals surface area contributed by atoms with Gasteiger partial charge in [0, 0.05) is 5.56 Å². The molecule has 1 amide bonds. The van der Waals surface area contributed by atoms with E-state index in [0.29, 0.717) is 21.4 Å². The van der Waals surface area contributed by atoms with Gasteiger partial charge in [0.1, 0.15) is 5.75 Å². The minimum absolute atomic E-state index is 0.00494. The lowest BCUT2D eigenvalue weighted by Gasteiger charge is -2.11. The molecule has 0 unspecified atom stereocenters.